The Balaban J connectivity index is 1.91. The van der Waals surface area contributed by atoms with Crippen LogP contribution in [0.3, 0.4) is 0 Å². The second kappa shape index (κ2) is 4.37. The maximum atomic E-state index is 6.09. The first kappa shape index (κ1) is 10.6. The first-order valence-electron chi connectivity index (χ1n) is 6.28. The number of hydrogen-bond donors (Lipinski definition) is 1. The zero-order valence-electron chi connectivity index (χ0n) is 9.97. The van der Waals surface area contributed by atoms with Crippen LogP contribution in [-0.4, -0.2) is 29.0 Å². The number of nitrogens with two attached hydrogens (primary N) is 1. The lowest BCUT2D eigenvalue weighted by Crippen LogP contribution is -2.50. The van der Waals surface area contributed by atoms with Gasteiger partial charge in [0, 0.05) is 13.1 Å². The van der Waals surface area contributed by atoms with E-state index in [4.69, 9.17) is 10.8 Å². The number of nitrogens with zero attached hydrogens (tertiary/aromatic N) is 3. The molecule has 0 amide bonds. The van der Waals surface area contributed by atoms with Crippen LogP contribution in [0.1, 0.15) is 24.8 Å². The van der Waals surface area contributed by atoms with Crippen LogP contribution in [0.5, 0.6) is 0 Å². The van der Waals surface area contributed by atoms with Crippen molar-refractivity contribution < 1.29 is 0 Å². The lowest BCUT2D eigenvalue weighted by molar-refractivity contribution is 0.277. The van der Waals surface area contributed by atoms with Gasteiger partial charge in [0.05, 0.1) is 12.2 Å². The van der Waals surface area contributed by atoms with Crippen molar-refractivity contribution in [3.05, 3.63) is 29.8 Å². The molecule has 0 saturated carbocycles. The van der Waals surface area contributed by atoms with E-state index in [-0.39, 0.29) is 0 Å². The van der Waals surface area contributed by atoms with Gasteiger partial charge in [-0.15, -0.1) is 0 Å². The Bertz CT molecular complexity index is 435. The van der Waals surface area contributed by atoms with Gasteiger partial charge in [0.25, 0.3) is 0 Å². The minimum absolute atomic E-state index is 0.755. The van der Waals surface area contributed by atoms with Gasteiger partial charge in [-0.05, 0) is 30.9 Å². The number of hydrogen-bond acceptors (Lipinski definition) is 4. The molecule has 2 aliphatic rings. The van der Waals surface area contributed by atoms with Crippen LogP contribution in [0.25, 0.3) is 0 Å². The molecule has 1 aromatic carbocycles. The summed E-state index contributed by atoms with van der Waals surface area (Å²) in [6.45, 7) is 2.91. The maximum absolute atomic E-state index is 6.09. The van der Waals surface area contributed by atoms with Gasteiger partial charge in [-0.3, -0.25) is 5.01 Å². The van der Waals surface area contributed by atoms with Crippen LogP contribution in [-0.2, 0) is 6.54 Å². The van der Waals surface area contributed by atoms with Gasteiger partial charge < -0.3 is 4.90 Å². The molecule has 3 rings (SSSR count). The number of para-hydroxylation sites is 1. The predicted molar refractivity (Wildman–Crippen MR) is 68.7 cm³/mol. The number of likely N-dealkylation sites (tertiary alicyclic amines) is 1. The van der Waals surface area contributed by atoms with Crippen LogP contribution in [0, 0.1) is 0 Å². The molecule has 0 unspecified atom stereocenters. The fraction of sp³-hybridized carbons (Fsp3) is 0.462. The number of rotatable bonds is 0. The van der Waals surface area contributed by atoms with Gasteiger partial charge in [0.2, 0.25) is 5.96 Å². The van der Waals surface area contributed by atoms with Crippen molar-refractivity contribution in [2.75, 3.05) is 13.1 Å². The molecule has 2 aliphatic heterocycles. The highest BCUT2D eigenvalue weighted by molar-refractivity contribution is 5.84. The first-order valence-corrected chi connectivity index (χ1v) is 6.28. The van der Waals surface area contributed by atoms with E-state index in [1.54, 1.807) is 5.01 Å². The average molecular weight is 230 g/mol. The molecular weight excluding hydrogens is 212 g/mol. The van der Waals surface area contributed by atoms with Gasteiger partial charge in [-0.1, -0.05) is 18.2 Å². The van der Waals surface area contributed by atoms with Crippen molar-refractivity contribution >= 4 is 11.6 Å². The number of fused-ring (bicyclic) bond motifs is 1. The van der Waals surface area contributed by atoms with Crippen molar-refractivity contribution in [3.63, 3.8) is 0 Å². The molecule has 4 heteroatoms. The Kier molecular flexibility index (Phi) is 2.73. The first-order chi connectivity index (χ1) is 8.34. The predicted octanol–water partition coefficient (Wildman–Crippen LogP) is 1.85. The van der Waals surface area contributed by atoms with Crippen molar-refractivity contribution in [1.82, 2.24) is 9.91 Å². The van der Waals surface area contributed by atoms with Crippen LogP contribution >= 0.6 is 0 Å². The van der Waals surface area contributed by atoms with E-state index in [0.717, 1.165) is 31.3 Å². The zero-order valence-corrected chi connectivity index (χ0v) is 9.97. The molecule has 2 heterocycles. The largest absolute Gasteiger partial charge is 0.341 e. The molecule has 4 nitrogen and oxygen atoms in total. The van der Waals surface area contributed by atoms with Crippen LogP contribution < -0.4 is 5.84 Å². The lowest BCUT2D eigenvalue weighted by Gasteiger charge is -2.36. The summed E-state index contributed by atoms with van der Waals surface area (Å²) in [5.41, 5.74) is 2.27. The van der Waals surface area contributed by atoms with E-state index in [1.807, 2.05) is 12.1 Å². The molecule has 90 valence electrons. The normalized spacial score (nSPS) is 19.9. The number of hydrazine groups is 1. The molecule has 0 spiro atoms. The highest BCUT2D eigenvalue weighted by Gasteiger charge is 2.23. The molecule has 0 atom stereocenters. The van der Waals surface area contributed by atoms with E-state index < -0.39 is 0 Å². The van der Waals surface area contributed by atoms with E-state index in [9.17, 15) is 0 Å². The Hall–Kier alpha value is -1.55. The number of guanidine groups is 1. The van der Waals surface area contributed by atoms with Crippen LogP contribution in [0.2, 0.25) is 0 Å². The lowest BCUT2D eigenvalue weighted by atomic mass is 10.1. The third-order valence-corrected chi connectivity index (χ3v) is 3.45. The molecule has 0 aliphatic carbocycles. The summed E-state index contributed by atoms with van der Waals surface area (Å²) in [5, 5.41) is 1.77. The Morgan fingerprint density at radius 1 is 1.06 bits per heavy atom. The molecule has 17 heavy (non-hydrogen) atoms. The number of piperidine rings is 1. The van der Waals surface area contributed by atoms with Crippen molar-refractivity contribution in [2.45, 2.75) is 25.8 Å². The highest BCUT2D eigenvalue weighted by Crippen LogP contribution is 2.26. The molecule has 2 N–H and O–H groups in total. The Labute approximate surface area is 102 Å². The average Bonchev–Trinajstić information content (AvgIpc) is 2.39. The van der Waals surface area contributed by atoms with E-state index in [0.29, 0.717) is 0 Å². The van der Waals surface area contributed by atoms with Gasteiger partial charge in [-0.25, -0.2) is 10.8 Å². The summed E-state index contributed by atoms with van der Waals surface area (Å²) in [6.07, 6.45) is 3.81. The fourth-order valence-electron chi connectivity index (χ4n) is 2.53. The molecule has 1 fully saturated rings. The minimum atomic E-state index is 0.755. The topological polar surface area (TPSA) is 44.9 Å². The second-order valence-corrected chi connectivity index (χ2v) is 4.72. The van der Waals surface area contributed by atoms with Crippen LogP contribution in [0.4, 0.5) is 5.69 Å². The maximum Gasteiger partial charge on any atom is 0.216 e. The summed E-state index contributed by atoms with van der Waals surface area (Å²) in [4.78, 5) is 7.00. The van der Waals surface area contributed by atoms with Crippen molar-refractivity contribution in [3.8, 4) is 0 Å². The number of benzene rings is 1. The molecule has 0 bridgehead atoms. The summed E-state index contributed by atoms with van der Waals surface area (Å²) in [7, 11) is 0. The van der Waals surface area contributed by atoms with Crippen molar-refractivity contribution in [2.24, 2.45) is 10.8 Å². The SMILES string of the molecule is NN1Cc2ccccc2N=C1N1CCCCC1. The monoisotopic (exact) mass is 230 g/mol. The third kappa shape index (κ3) is 2.00. The van der Waals surface area contributed by atoms with Gasteiger partial charge in [-0.2, -0.15) is 0 Å². The fourth-order valence-corrected chi connectivity index (χ4v) is 2.53. The Morgan fingerprint density at radius 2 is 1.82 bits per heavy atom. The van der Waals surface area contributed by atoms with Crippen molar-refractivity contribution in [1.29, 1.82) is 0 Å². The zero-order chi connectivity index (χ0) is 11.7. The summed E-state index contributed by atoms with van der Waals surface area (Å²) >= 11 is 0. The summed E-state index contributed by atoms with van der Waals surface area (Å²) < 4.78 is 0. The quantitative estimate of drug-likeness (QED) is 0.692. The van der Waals surface area contributed by atoms with E-state index >= 15 is 0 Å². The molecule has 1 aromatic rings. The molecule has 1 saturated heterocycles. The standard InChI is InChI=1S/C13H18N4/c14-17-10-11-6-2-3-7-12(11)15-13(17)16-8-4-1-5-9-16/h2-3,6-7H,1,4-5,8-10,14H2. The molecular formula is C13H18N4. The third-order valence-electron chi connectivity index (χ3n) is 3.45. The van der Waals surface area contributed by atoms with Crippen LogP contribution in [0.15, 0.2) is 29.3 Å². The summed E-state index contributed by atoms with van der Waals surface area (Å²) in [5.74, 6) is 7.02. The number of aliphatic imine (C=N–C) groups is 1. The molecule has 0 radical (unpaired) electrons. The second-order valence-electron chi connectivity index (χ2n) is 4.72. The van der Waals surface area contributed by atoms with Gasteiger partial charge in [0.1, 0.15) is 0 Å². The van der Waals surface area contributed by atoms with Gasteiger partial charge >= 0.3 is 0 Å². The molecule has 0 aromatic heterocycles. The highest BCUT2D eigenvalue weighted by atomic mass is 15.5. The Morgan fingerprint density at radius 3 is 2.65 bits per heavy atom. The smallest absolute Gasteiger partial charge is 0.216 e. The van der Waals surface area contributed by atoms with Gasteiger partial charge in [0.15, 0.2) is 0 Å². The summed E-state index contributed by atoms with van der Waals surface area (Å²) in [6, 6.07) is 8.22. The van der Waals surface area contributed by atoms with E-state index in [2.05, 4.69) is 17.0 Å². The minimum Gasteiger partial charge on any atom is -0.341 e. The van der Waals surface area contributed by atoms with E-state index in [1.165, 1.54) is 24.8 Å².